The zero-order valence-corrected chi connectivity index (χ0v) is 16.4. The summed E-state index contributed by atoms with van der Waals surface area (Å²) >= 11 is 6.68. The van der Waals surface area contributed by atoms with E-state index in [-0.39, 0.29) is 11.7 Å². The molecule has 1 aliphatic carbocycles. The largest absolute Gasteiger partial charge is 0.353 e. The lowest BCUT2D eigenvalue weighted by molar-refractivity contribution is -0.384. The maximum absolute atomic E-state index is 11.5. The van der Waals surface area contributed by atoms with Crippen LogP contribution in [0.15, 0.2) is 15.0 Å². The second kappa shape index (κ2) is 6.97. The Kier molecular flexibility index (Phi) is 5.12. The van der Waals surface area contributed by atoms with Crippen LogP contribution < -0.4 is 11.1 Å². The molecule has 1 saturated carbocycles. The van der Waals surface area contributed by atoms with Gasteiger partial charge in [0.25, 0.3) is 0 Å². The van der Waals surface area contributed by atoms with Crippen molar-refractivity contribution in [2.45, 2.75) is 51.2 Å². The van der Waals surface area contributed by atoms with Gasteiger partial charge in [0.15, 0.2) is 5.52 Å². The summed E-state index contributed by atoms with van der Waals surface area (Å²) in [5.41, 5.74) is 7.09. The van der Waals surface area contributed by atoms with Crippen LogP contribution in [0.1, 0.15) is 32.6 Å². The van der Waals surface area contributed by atoms with Gasteiger partial charge in [-0.3, -0.25) is 10.1 Å². The molecule has 1 aliphatic rings. The summed E-state index contributed by atoms with van der Waals surface area (Å²) in [6, 6.07) is 2.45. The Morgan fingerprint density at radius 3 is 2.67 bits per heavy atom. The van der Waals surface area contributed by atoms with Crippen molar-refractivity contribution in [3.63, 3.8) is 0 Å². The third-order valence-electron chi connectivity index (χ3n) is 4.52. The second-order valence-electron chi connectivity index (χ2n) is 6.08. The molecule has 0 atom stereocenters. The maximum Gasteiger partial charge on any atom is 0.312 e. The van der Waals surface area contributed by atoms with E-state index in [1.54, 1.807) is 0 Å². The molecule has 0 radical (unpaired) electrons. The molecule has 9 heteroatoms. The summed E-state index contributed by atoms with van der Waals surface area (Å²) in [4.78, 5) is 15.6. The zero-order valence-electron chi connectivity index (χ0n) is 13.3. The highest BCUT2D eigenvalue weighted by Gasteiger charge is 2.27. The number of anilines is 1. The Bertz CT molecular complexity index is 784. The molecule has 24 heavy (non-hydrogen) atoms. The van der Waals surface area contributed by atoms with E-state index < -0.39 is 4.92 Å². The minimum absolute atomic E-state index is 0.0136. The van der Waals surface area contributed by atoms with Gasteiger partial charge in [0, 0.05) is 23.1 Å². The molecule has 0 bridgehead atoms. The fourth-order valence-corrected chi connectivity index (χ4v) is 4.08. The number of nitrogens with zero attached hydrogens (tertiary/aromatic N) is 3. The van der Waals surface area contributed by atoms with Crippen LogP contribution in [0.2, 0.25) is 0 Å². The number of fused-ring (bicyclic) bond motifs is 1. The number of halogens is 2. The highest BCUT2D eigenvalue weighted by atomic mass is 79.9. The first-order valence-electron chi connectivity index (χ1n) is 7.97. The lowest BCUT2D eigenvalue weighted by Crippen LogP contribution is -2.33. The van der Waals surface area contributed by atoms with Crippen molar-refractivity contribution in [2.75, 3.05) is 5.32 Å². The minimum atomic E-state index is -0.395. The average Bonchev–Trinajstić information content (AvgIpc) is 2.86. The summed E-state index contributed by atoms with van der Waals surface area (Å²) in [7, 11) is 0. The number of aryl methyl sites for hydroxylation is 1. The molecule has 1 fully saturated rings. The molecule has 0 aliphatic heterocycles. The fraction of sp³-hybridized carbons (Fsp3) is 0.533. The Morgan fingerprint density at radius 2 is 2.08 bits per heavy atom. The van der Waals surface area contributed by atoms with Crippen LogP contribution in [0.3, 0.4) is 0 Å². The predicted octanol–water partition coefficient (Wildman–Crippen LogP) is 4.17. The van der Waals surface area contributed by atoms with Gasteiger partial charge in [-0.1, -0.05) is 0 Å². The van der Waals surface area contributed by atoms with Crippen molar-refractivity contribution in [1.29, 1.82) is 0 Å². The summed E-state index contributed by atoms with van der Waals surface area (Å²) in [5.74, 6) is 0.682. The standard InChI is InChI=1S/C15H19Br2N5O2/c1-2-21-11-7-10(16)12(17)14(22(23)24)13(11)20-15(21)19-9-5-3-8(18)4-6-9/h7-9H,2-6,18H2,1H3,(H,19,20). The summed E-state index contributed by atoms with van der Waals surface area (Å²) in [6.07, 6.45) is 3.95. The monoisotopic (exact) mass is 459 g/mol. The van der Waals surface area contributed by atoms with Crippen molar-refractivity contribution in [1.82, 2.24) is 9.55 Å². The number of hydrogen-bond acceptors (Lipinski definition) is 5. The molecule has 130 valence electrons. The number of nitro groups is 1. The summed E-state index contributed by atoms with van der Waals surface area (Å²) in [5, 5.41) is 15.0. The molecule has 1 aromatic carbocycles. The first-order chi connectivity index (χ1) is 11.4. The molecule has 2 aromatic rings. The van der Waals surface area contributed by atoms with E-state index >= 15 is 0 Å². The van der Waals surface area contributed by atoms with E-state index in [4.69, 9.17) is 5.73 Å². The zero-order chi connectivity index (χ0) is 17.4. The first kappa shape index (κ1) is 17.6. The highest BCUT2D eigenvalue weighted by molar-refractivity contribution is 9.13. The van der Waals surface area contributed by atoms with Gasteiger partial charge < -0.3 is 15.6 Å². The highest BCUT2D eigenvalue weighted by Crippen LogP contribution is 2.40. The average molecular weight is 461 g/mol. The summed E-state index contributed by atoms with van der Waals surface area (Å²) in [6.45, 7) is 2.68. The molecule has 3 N–H and O–H groups in total. The molecule has 0 amide bonds. The fourth-order valence-electron chi connectivity index (χ4n) is 3.23. The third kappa shape index (κ3) is 3.16. The van der Waals surface area contributed by atoms with Crippen LogP contribution in [-0.4, -0.2) is 26.6 Å². The molecule has 7 nitrogen and oxygen atoms in total. The molecule has 1 aromatic heterocycles. The van der Waals surface area contributed by atoms with Crippen LogP contribution >= 0.6 is 31.9 Å². The van der Waals surface area contributed by atoms with Gasteiger partial charge in [-0.25, -0.2) is 4.98 Å². The molecular formula is C15H19Br2N5O2. The van der Waals surface area contributed by atoms with Gasteiger partial charge >= 0.3 is 5.69 Å². The lowest BCUT2D eigenvalue weighted by atomic mass is 9.92. The van der Waals surface area contributed by atoms with Crippen LogP contribution in [-0.2, 0) is 6.54 Å². The SMILES string of the molecule is CCn1c(NC2CCC(N)CC2)nc2c([N+](=O)[O-])c(Br)c(Br)cc21. The third-order valence-corrected chi connectivity index (χ3v) is 6.48. The van der Waals surface area contributed by atoms with Crippen molar-refractivity contribution < 1.29 is 4.92 Å². The Balaban J connectivity index is 2.05. The predicted molar refractivity (Wildman–Crippen MR) is 101 cm³/mol. The molecular weight excluding hydrogens is 442 g/mol. The van der Waals surface area contributed by atoms with E-state index in [0.29, 0.717) is 33.0 Å². The number of imidazole rings is 1. The molecule has 0 saturated heterocycles. The second-order valence-corrected chi connectivity index (χ2v) is 7.73. The molecule has 3 rings (SSSR count). The normalized spacial score (nSPS) is 21.2. The van der Waals surface area contributed by atoms with Crippen LogP contribution in [0, 0.1) is 10.1 Å². The Hall–Kier alpha value is -1.19. The summed E-state index contributed by atoms with van der Waals surface area (Å²) < 4.78 is 3.04. The number of hydrogen-bond donors (Lipinski definition) is 2. The number of nitro benzene ring substituents is 1. The van der Waals surface area contributed by atoms with E-state index in [0.717, 1.165) is 31.2 Å². The van der Waals surface area contributed by atoms with Crippen LogP contribution in [0.5, 0.6) is 0 Å². The van der Waals surface area contributed by atoms with Gasteiger partial charge in [-0.05, 0) is 70.5 Å². The van der Waals surface area contributed by atoms with Crippen molar-refractivity contribution in [3.8, 4) is 0 Å². The molecule has 0 unspecified atom stereocenters. The first-order valence-corrected chi connectivity index (χ1v) is 9.55. The number of benzene rings is 1. The van der Waals surface area contributed by atoms with E-state index in [2.05, 4.69) is 42.2 Å². The van der Waals surface area contributed by atoms with Gasteiger partial charge in [-0.15, -0.1) is 0 Å². The van der Waals surface area contributed by atoms with Crippen molar-refractivity contribution in [3.05, 3.63) is 25.1 Å². The lowest BCUT2D eigenvalue weighted by Gasteiger charge is -2.27. The maximum atomic E-state index is 11.5. The van der Waals surface area contributed by atoms with E-state index in [1.165, 1.54) is 0 Å². The van der Waals surface area contributed by atoms with Crippen molar-refractivity contribution >= 4 is 54.5 Å². The minimum Gasteiger partial charge on any atom is -0.353 e. The number of nitrogens with one attached hydrogen (secondary N) is 1. The Morgan fingerprint density at radius 1 is 1.42 bits per heavy atom. The van der Waals surface area contributed by atoms with Gasteiger partial charge in [0.2, 0.25) is 5.95 Å². The number of rotatable bonds is 4. The van der Waals surface area contributed by atoms with Gasteiger partial charge in [0.05, 0.1) is 10.4 Å². The Labute approximate surface area is 156 Å². The number of nitrogens with two attached hydrogens (primary N) is 1. The topological polar surface area (TPSA) is 99.0 Å². The van der Waals surface area contributed by atoms with Crippen molar-refractivity contribution in [2.24, 2.45) is 5.73 Å². The van der Waals surface area contributed by atoms with E-state index in [1.807, 2.05) is 17.6 Å². The molecule has 0 spiro atoms. The van der Waals surface area contributed by atoms with Gasteiger partial charge in [0.1, 0.15) is 4.47 Å². The molecule has 1 heterocycles. The number of aromatic nitrogens is 2. The quantitative estimate of drug-likeness (QED) is 0.526. The van der Waals surface area contributed by atoms with Gasteiger partial charge in [-0.2, -0.15) is 0 Å². The smallest absolute Gasteiger partial charge is 0.312 e. The van der Waals surface area contributed by atoms with E-state index in [9.17, 15) is 10.1 Å². The van der Waals surface area contributed by atoms with Crippen LogP contribution in [0.25, 0.3) is 11.0 Å². The van der Waals surface area contributed by atoms with Crippen LogP contribution in [0.4, 0.5) is 11.6 Å².